The predicted octanol–water partition coefficient (Wildman–Crippen LogP) is 0.913. The van der Waals surface area contributed by atoms with Crippen LogP contribution in [0.4, 0.5) is 0 Å². The van der Waals surface area contributed by atoms with Gasteiger partial charge in [-0.1, -0.05) is 36.4 Å². The van der Waals surface area contributed by atoms with Crippen LogP contribution in [0, 0.1) is 0 Å². The summed E-state index contributed by atoms with van der Waals surface area (Å²) in [5, 5.41) is 15.2. The third-order valence-electron chi connectivity index (χ3n) is 7.50. The molecule has 2 amide bonds. The lowest BCUT2D eigenvalue weighted by molar-refractivity contribution is -0.148. The average Bonchev–Trinajstić information content (AvgIpc) is 3.00. The van der Waals surface area contributed by atoms with Crippen LogP contribution in [0.3, 0.4) is 0 Å². The summed E-state index contributed by atoms with van der Waals surface area (Å²) in [5.74, 6) is -0.731. The molecule has 11 heteroatoms. The van der Waals surface area contributed by atoms with Crippen LogP contribution in [0.2, 0.25) is 0 Å². The van der Waals surface area contributed by atoms with Gasteiger partial charge in [0.1, 0.15) is 6.54 Å². The summed E-state index contributed by atoms with van der Waals surface area (Å²) in [6, 6.07) is 15.9. The maximum Gasteiger partial charge on any atom is 0.325 e. The smallest absolute Gasteiger partial charge is 0.325 e. The number of carbonyl (C=O) groups is 3. The number of benzene rings is 2. The van der Waals surface area contributed by atoms with Gasteiger partial charge in [0.15, 0.2) is 0 Å². The zero-order chi connectivity index (χ0) is 30.3. The molecule has 0 saturated carbocycles. The number of esters is 1. The highest BCUT2D eigenvalue weighted by Gasteiger charge is 2.20. The Bertz CT molecular complexity index is 1290. The number of aryl methyl sites for hydroxylation is 1. The molecule has 1 fully saturated rings. The van der Waals surface area contributed by atoms with Gasteiger partial charge in [-0.15, -0.1) is 0 Å². The average molecular weight is 592 g/mol. The molecule has 2 aromatic carbocycles. The molecule has 0 unspecified atom stereocenters. The van der Waals surface area contributed by atoms with Crippen molar-refractivity contribution in [1.82, 2.24) is 36.1 Å². The maximum absolute atomic E-state index is 13.5. The Kier molecular flexibility index (Phi) is 13.1. The third kappa shape index (κ3) is 10.2. The Labute approximate surface area is 253 Å². The van der Waals surface area contributed by atoms with Crippen LogP contribution in [0.25, 0.3) is 21.8 Å². The van der Waals surface area contributed by atoms with Gasteiger partial charge in [-0.25, -0.2) is 4.98 Å². The fourth-order valence-corrected chi connectivity index (χ4v) is 5.30. The zero-order valence-corrected chi connectivity index (χ0v) is 25.2. The van der Waals surface area contributed by atoms with Crippen LogP contribution in [0.5, 0.6) is 0 Å². The molecule has 4 rings (SSSR count). The number of fused-ring (bicyclic) bond motifs is 2. The summed E-state index contributed by atoms with van der Waals surface area (Å²) in [4.78, 5) is 47.0. The maximum atomic E-state index is 13.5. The number of carbonyl (C=O) groups excluding carboxylic acids is 3. The molecule has 0 radical (unpaired) electrons. The first kappa shape index (κ1) is 32.3. The molecule has 11 nitrogen and oxygen atoms in total. The molecule has 2 heterocycles. The molecule has 232 valence electrons. The molecule has 43 heavy (non-hydrogen) atoms. The van der Waals surface area contributed by atoms with E-state index in [0.29, 0.717) is 6.42 Å². The van der Waals surface area contributed by atoms with E-state index < -0.39 is 5.97 Å². The van der Waals surface area contributed by atoms with E-state index in [4.69, 9.17) is 9.72 Å². The van der Waals surface area contributed by atoms with E-state index in [1.807, 2.05) is 48.5 Å². The topological polar surface area (TPSA) is 128 Å². The van der Waals surface area contributed by atoms with Crippen molar-refractivity contribution >= 4 is 39.6 Å². The number of nitrogens with zero attached hydrogens (tertiary/aromatic N) is 3. The molecular weight excluding hydrogens is 546 g/mol. The number of para-hydroxylation sites is 2. The molecule has 1 aromatic heterocycles. The standard InChI is InChI=1S/C32H45N7O4/c1-2-43-32(42)24-39(22-19-36-30(40)23-38-20-17-34-15-13-33-14-16-35-18-21-38)31(41)12-11-25-26-7-3-5-9-28(26)37-29-10-6-4-8-27(25)29/h3-10,33-35H,2,11-24H2,1H3,(H,36,40). The van der Waals surface area contributed by atoms with Gasteiger partial charge >= 0.3 is 5.97 Å². The highest BCUT2D eigenvalue weighted by atomic mass is 16.5. The normalized spacial score (nSPS) is 15.4. The lowest BCUT2D eigenvalue weighted by Gasteiger charge is -2.24. The lowest BCUT2D eigenvalue weighted by Crippen LogP contribution is -2.47. The number of nitrogens with one attached hydrogen (secondary N) is 4. The van der Waals surface area contributed by atoms with E-state index >= 15 is 0 Å². The van der Waals surface area contributed by atoms with E-state index in [1.165, 1.54) is 4.90 Å². The van der Waals surface area contributed by atoms with Crippen molar-refractivity contribution in [3.8, 4) is 0 Å². The van der Waals surface area contributed by atoms with Gasteiger partial charge in [0.05, 0.1) is 24.2 Å². The largest absolute Gasteiger partial charge is 0.465 e. The Balaban J connectivity index is 1.35. The zero-order valence-electron chi connectivity index (χ0n) is 25.2. The molecule has 1 aliphatic heterocycles. The van der Waals surface area contributed by atoms with Crippen molar-refractivity contribution < 1.29 is 19.1 Å². The Morgan fingerprint density at radius 3 is 2.07 bits per heavy atom. The summed E-state index contributed by atoms with van der Waals surface area (Å²) >= 11 is 0. The predicted molar refractivity (Wildman–Crippen MR) is 169 cm³/mol. The monoisotopic (exact) mass is 591 g/mol. The van der Waals surface area contributed by atoms with E-state index in [0.717, 1.165) is 79.7 Å². The first-order valence-corrected chi connectivity index (χ1v) is 15.4. The molecule has 0 atom stereocenters. The fourth-order valence-electron chi connectivity index (χ4n) is 5.30. The Morgan fingerprint density at radius 1 is 0.884 bits per heavy atom. The molecular formula is C32H45N7O4. The SMILES string of the molecule is CCOC(=O)CN(CCNC(=O)CN1CCNCCNCCNCC1)C(=O)CCc1c2ccccc2nc2ccccc12. The summed E-state index contributed by atoms with van der Waals surface area (Å²) in [6.45, 7) is 9.31. The van der Waals surface area contributed by atoms with E-state index in [1.54, 1.807) is 6.92 Å². The number of aromatic nitrogens is 1. The Morgan fingerprint density at radius 2 is 1.47 bits per heavy atom. The molecule has 1 saturated heterocycles. The number of hydrogen-bond acceptors (Lipinski definition) is 9. The number of hydrogen-bond donors (Lipinski definition) is 4. The summed E-state index contributed by atoms with van der Waals surface area (Å²) in [5.41, 5.74) is 2.83. The van der Waals surface area contributed by atoms with Crippen LogP contribution >= 0.6 is 0 Å². The van der Waals surface area contributed by atoms with Crippen molar-refractivity contribution in [1.29, 1.82) is 0 Å². The van der Waals surface area contributed by atoms with Crippen molar-refractivity contribution in [2.24, 2.45) is 0 Å². The minimum absolute atomic E-state index is 0.105. The van der Waals surface area contributed by atoms with Gasteiger partial charge < -0.3 is 30.9 Å². The van der Waals surface area contributed by atoms with Crippen LogP contribution in [0.1, 0.15) is 18.9 Å². The number of amides is 2. The highest BCUT2D eigenvalue weighted by molar-refractivity contribution is 5.97. The summed E-state index contributed by atoms with van der Waals surface area (Å²) in [6.07, 6.45) is 0.718. The van der Waals surface area contributed by atoms with Crippen LogP contribution in [-0.2, 0) is 25.5 Å². The van der Waals surface area contributed by atoms with E-state index in [2.05, 4.69) is 26.2 Å². The molecule has 4 N–H and O–H groups in total. The fraction of sp³-hybridized carbons (Fsp3) is 0.500. The summed E-state index contributed by atoms with van der Waals surface area (Å²) in [7, 11) is 0. The minimum atomic E-state index is -0.462. The molecule has 3 aromatic rings. The van der Waals surface area contributed by atoms with E-state index in [9.17, 15) is 14.4 Å². The number of rotatable bonds is 11. The highest BCUT2D eigenvalue weighted by Crippen LogP contribution is 2.27. The third-order valence-corrected chi connectivity index (χ3v) is 7.50. The van der Waals surface area contributed by atoms with Crippen molar-refractivity contribution in [2.75, 3.05) is 85.1 Å². The molecule has 0 bridgehead atoms. The number of pyridine rings is 1. The van der Waals surface area contributed by atoms with Crippen molar-refractivity contribution in [2.45, 2.75) is 19.8 Å². The van der Waals surface area contributed by atoms with Crippen molar-refractivity contribution in [3.63, 3.8) is 0 Å². The second kappa shape index (κ2) is 17.5. The Hall–Kier alpha value is -3.64. The molecule has 0 spiro atoms. The minimum Gasteiger partial charge on any atom is -0.465 e. The summed E-state index contributed by atoms with van der Waals surface area (Å²) < 4.78 is 5.14. The lowest BCUT2D eigenvalue weighted by atomic mass is 9.98. The first-order valence-electron chi connectivity index (χ1n) is 15.4. The van der Waals surface area contributed by atoms with Crippen molar-refractivity contribution in [3.05, 3.63) is 54.1 Å². The van der Waals surface area contributed by atoms with Crippen LogP contribution in [-0.4, -0.2) is 118 Å². The van der Waals surface area contributed by atoms with Gasteiger partial charge in [0.25, 0.3) is 0 Å². The van der Waals surface area contributed by atoms with Crippen LogP contribution < -0.4 is 21.3 Å². The van der Waals surface area contributed by atoms with Gasteiger partial charge in [-0.2, -0.15) is 0 Å². The van der Waals surface area contributed by atoms with Gasteiger partial charge in [0, 0.05) is 82.6 Å². The first-order chi connectivity index (χ1) is 21.0. The van der Waals surface area contributed by atoms with Gasteiger partial charge in [0.2, 0.25) is 11.8 Å². The second-order valence-electron chi connectivity index (χ2n) is 10.6. The van der Waals surface area contributed by atoms with Crippen LogP contribution in [0.15, 0.2) is 48.5 Å². The molecule has 0 aliphatic carbocycles. The molecule has 1 aliphatic rings. The number of ether oxygens (including phenoxy) is 1. The van der Waals surface area contributed by atoms with Gasteiger partial charge in [-0.3, -0.25) is 19.3 Å². The second-order valence-corrected chi connectivity index (χ2v) is 10.6. The van der Waals surface area contributed by atoms with E-state index in [-0.39, 0.29) is 51.0 Å². The van der Waals surface area contributed by atoms with Gasteiger partial charge in [-0.05, 0) is 31.0 Å². The quantitative estimate of drug-likeness (QED) is 0.190.